The summed E-state index contributed by atoms with van der Waals surface area (Å²) in [6, 6.07) is 10.9. The van der Waals surface area contributed by atoms with Crippen LogP contribution in [0.2, 0.25) is 0 Å². The number of ether oxygens (including phenoxy) is 1. The second kappa shape index (κ2) is 11.1. The summed E-state index contributed by atoms with van der Waals surface area (Å²) in [5.74, 6) is -0.576. The molecule has 0 saturated carbocycles. The number of para-hydroxylation sites is 1. The van der Waals surface area contributed by atoms with Crippen molar-refractivity contribution in [3.8, 4) is 5.75 Å². The third kappa shape index (κ3) is 7.35. The van der Waals surface area contributed by atoms with Crippen LogP contribution in [0.5, 0.6) is 5.75 Å². The zero-order chi connectivity index (χ0) is 23.9. The fourth-order valence-electron chi connectivity index (χ4n) is 3.07. The maximum Gasteiger partial charge on any atom is 0.276 e. The number of hydrazine groups is 1. The van der Waals surface area contributed by atoms with Gasteiger partial charge in [0.25, 0.3) is 11.8 Å². The topological polar surface area (TPSA) is 114 Å². The van der Waals surface area contributed by atoms with Gasteiger partial charge in [-0.3, -0.25) is 20.4 Å². The Bertz CT molecular complexity index is 1030. The third-order valence-electron chi connectivity index (χ3n) is 4.73. The van der Waals surface area contributed by atoms with E-state index in [9.17, 15) is 18.0 Å². The van der Waals surface area contributed by atoms with Gasteiger partial charge in [0, 0.05) is 0 Å². The van der Waals surface area contributed by atoms with Crippen molar-refractivity contribution in [1.29, 1.82) is 0 Å². The quantitative estimate of drug-likeness (QED) is 0.497. The van der Waals surface area contributed by atoms with E-state index >= 15 is 0 Å². The average molecular weight is 462 g/mol. The molecular formula is C23H31N3O5S. The second-order valence-electron chi connectivity index (χ2n) is 8.16. The van der Waals surface area contributed by atoms with Gasteiger partial charge in [-0.25, -0.2) is 8.42 Å². The first-order valence-corrected chi connectivity index (χ1v) is 11.8. The first-order chi connectivity index (χ1) is 15.0. The van der Waals surface area contributed by atoms with Crippen LogP contribution in [0, 0.1) is 26.7 Å². The van der Waals surface area contributed by atoms with Crippen LogP contribution in [0.4, 0.5) is 0 Å². The van der Waals surface area contributed by atoms with Gasteiger partial charge < -0.3 is 4.74 Å². The molecule has 0 saturated heterocycles. The summed E-state index contributed by atoms with van der Waals surface area (Å²) in [4.78, 5) is 24.8. The molecule has 0 unspecified atom stereocenters. The number of rotatable bonds is 9. The number of hydrogen-bond acceptors (Lipinski definition) is 5. The predicted molar refractivity (Wildman–Crippen MR) is 122 cm³/mol. The Morgan fingerprint density at radius 1 is 0.938 bits per heavy atom. The van der Waals surface area contributed by atoms with E-state index in [0.29, 0.717) is 5.75 Å². The van der Waals surface area contributed by atoms with E-state index in [1.54, 1.807) is 12.1 Å². The van der Waals surface area contributed by atoms with E-state index in [-0.39, 0.29) is 23.8 Å². The monoisotopic (exact) mass is 461 g/mol. The van der Waals surface area contributed by atoms with Crippen molar-refractivity contribution in [2.24, 2.45) is 5.92 Å². The van der Waals surface area contributed by atoms with Crippen molar-refractivity contribution in [3.63, 3.8) is 0 Å². The number of benzene rings is 2. The standard InChI is InChI=1S/C23H31N3O5S/c1-15(2)13-20(26-32(29,30)19-11-9-16(3)10-12-19)23(28)25-24-21(27)14-31-22-17(4)7-6-8-18(22)5/h6-12,15,20,26H,13-14H2,1-5H3,(H,24,27)(H,25,28)/t20-/m0/s1. The first-order valence-electron chi connectivity index (χ1n) is 10.4. The van der Waals surface area contributed by atoms with Crippen LogP contribution in [0.25, 0.3) is 0 Å². The lowest BCUT2D eigenvalue weighted by Crippen LogP contribution is -2.53. The molecule has 8 nitrogen and oxygen atoms in total. The van der Waals surface area contributed by atoms with Crippen LogP contribution < -0.4 is 20.3 Å². The molecule has 0 fully saturated rings. The van der Waals surface area contributed by atoms with Crippen molar-refractivity contribution >= 4 is 21.8 Å². The van der Waals surface area contributed by atoms with Gasteiger partial charge in [-0.05, 0) is 56.4 Å². The van der Waals surface area contributed by atoms with Crippen molar-refractivity contribution in [2.75, 3.05) is 6.61 Å². The molecule has 0 aliphatic carbocycles. The molecule has 3 N–H and O–H groups in total. The molecule has 32 heavy (non-hydrogen) atoms. The lowest BCUT2D eigenvalue weighted by molar-refractivity contribution is -0.131. The second-order valence-corrected chi connectivity index (χ2v) is 9.88. The summed E-state index contributed by atoms with van der Waals surface area (Å²) >= 11 is 0. The van der Waals surface area contributed by atoms with Crippen molar-refractivity contribution in [2.45, 2.75) is 52.0 Å². The van der Waals surface area contributed by atoms with Crippen molar-refractivity contribution in [3.05, 3.63) is 59.2 Å². The van der Waals surface area contributed by atoms with Crippen molar-refractivity contribution < 1.29 is 22.7 Å². The Hall–Kier alpha value is -2.91. The van der Waals surface area contributed by atoms with Crippen LogP contribution in [-0.2, 0) is 19.6 Å². The zero-order valence-electron chi connectivity index (χ0n) is 19.1. The fourth-order valence-corrected chi connectivity index (χ4v) is 4.28. The molecule has 2 aromatic carbocycles. The molecule has 2 aromatic rings. The highest BCUT2D eigenvalue weighted by Crippen LogP contribution is 2.22. The highest BCUT2D eigenvalue weighted by Gasteiger charge is 2.27. The van der Waals surface area contributed by atoms with Crippen LogP contribution in [0.3, 0.4) is 0 Å². The third-order valence-corrected chi connectivity index (χ3v) is 6.22. The van der Waals surface area contributed by atoms with Gasteiger partial charge in [-0.15, -0.1) is 0 Å². The normalized spacial score (nSPS) is 12.3. The summed E-state index contributed by atoms with van der Waals surface area (Å²) in [5, 5.41) is 0. The van der Waals surface area contributed by atoms with Gasteiger partial charge in [0.2, 0.25) is 10.0 Å². The summed E-state index contributed by atoms with van der Waals surface area (Å²) in [5.41, 5.74) is 7.28. The van der Waals surface area contributed by atoms with Crippen LogP contribution >= 0.6 is 0 Å². The molecule has 0 spiro atoms. The molecule has 0 bridgehead atoms. The maximum atomic E-state index is 12.7. The molecule has 2 rings (SSSR count). The Kier molecular flexibility index (Phi) is 8.80. The van der Waals surface area contributed by atoms with E-state index in [4.69, 9.17) is 4.74 Å². The number of aryl methyl sites for hydroxylation is 3. The number of nitrogens with one attached hydrogen (secondary N) is 3. The van der Waals surface area contributed by atoms with Crippen LogP contribution in [0.1, 0.15) is 37.0 Å². The van der Waals surface area contributed by atoms with E-state index in [0.717, 1.165) is 16.7 Å². The molecule has 0 radical (unpaired) electrons. The largest absolute Gasteiger partial charge is 0.483 e. The number of carbonyl (C=O) groups excluding carboxylic acids is 2. The summed E-state index contributed by atoms with van der Waals surface area (Å²) in [7, 11) is -3.91. The molecule has 0 aliphatic rings. The average Bonchev–Trinajstić information content (AvgIpc) is 2.71. The Labute approximate surface area is 189 Å². The smallest absolute Gasteiger partial charge is 0.276 e. The lowest BCUT2D eigenvalue weighted by atomic mass is 10.0. The number of amides is 2. The number of carbonyl (C=O) groups is 2. The molecule has 2 amide bonds. The molecule has 174 valence electrons. The summed E-state index contributed by atoms with van der Waals surface area (Å²) < 4.78 is 33.4. The highest BCUT2D eigenvalue weighted by atomic mass is 32.2. The lowest BCUT2D eigenvalue weighted by Gasteiger charge is -2.20. The minimum atomic E-state index is -3.91. The van der Waals surface area contributed by atoms with Gasteiger partial charge >= 0.3 is 0 Å². The van der Waals surface area contributed by atoms with E-state index in [1.165, 1.54) is 12.1 Å². The maximum absolute atomic E-state index is 12.7. The molecule has 0 aromatic heterocycles. The first kappa shape index (κ1) is 25.4. The minimum Gasteiger partial charge on any atom is -0.483 e. The Morgan fingerprint density at radius 3 is 2.09 bits per heavy atom. The van der Waals surface area contributed by atoms with Gasteiger partial charge in [0.1, 0.15) is 11.8 Å². The van der Waals surface area contributed by atoms with Gasteiger partial charge in [0.05, 0.1) is 4.90 Å². The number of hydrogen-bond donors (Lipinski definition) is 3. The van der Waals surface area contributed by atoms with E-state index in [1.807, 2.05) is 52.8 Å². The minimum absolute atomic E-state index is 0.0366. The van der Waals surface area contributed by atoms with Crippen LogP contribution in [-0.4, -0.2) is 32.9 Å². The molecule has 0 aliphatic heterocycles. The zero-order valence-corrected chi connectivity index (χ0v) is 19.9. The van der Waals surface area contributed by atoms with E-state index < -0.39 is 27.9 Å². The van der Waals surface area contributed by atoms with Gasteiger partial charge in [0.15, 0.2) is 6.61 Å². The molecule has 1 atom stereocenters. The molecule has 0 heterocycles. The van der Waals surface area contributed by atoms with Gasteiger partial charge in [-0.1, -0.05) is 49.7 Å². The summed E-state index contributed by atoms with van der Waals surface area (Å²) in [6.07, 6.45) is 0.256. The van der Waals surface area contributed by atoms with Crippen LogP contribution in [0.15, 0.2) is 47.4 Å². The van der Waals surface area contributed by atoms with E-state index in [2.05, 4.69) is 15.6 Å². The van der Waals surface area contributed by atoms with Crippen molar-refractivity contribution in [1.82, 2.24) is 15.6 Å². The Balaban J connectivity index is 1.98. The SMILES string of the molecule is Cc1ccc(S(=O)(=O)N[C@@H](CC(C)C)C(=O)NNC(=O)COc2c(C)cccc2C)cc1. The van der Waals surface area contributed by atoms with Gasteiger partial charge in [-0.2, -0.15) is 4.72 Å². The molecular weight excluding hydrogens is 430 g/mol. The predicted octanol–water partition coefficient (Wildman–Crippen LogP) is 2.53. The Morgan fingerprint density at radius 2 is 1.53 bits per heavy atom. The fraction of sp³-hybridized carbons (Fsp3) is 0.391. The summed E-state index contributed by atoms with van der Waals surface area (Å²) in [6.45, 7) is 9.05. The number of sulfonamides is 1. The highest BCUT2D eigenvalue weighted by molar-refractivity contribution is 7.89. The molecule has 9 heteroatoms.